The number of hydrogen-bond donors (Lipinski definition) is 3. The highest BCUT2D eigenvalue weighted by atomic mass is 16.4. The molecule has 1 rings (SSSR count). The van der Waals surface area contributed by atoms with Crippen molar-refractivity contribution < 1.29 is 14.7 Å². The summed E-state index contributed by atoms with van der Waals surface area (Å²) in [5.74, 6) is -0.792. The van der Waals surface area contributed by atoms with E-state index < -0.39 is 5.97 Å². The highest BCUT2D eigenvalue weighted by molar-refractivity contribution is 5.76. The van der Waals surface area contributed by atoms with Gasteiger partial charge in [-0.05, 0) is 30.0 Å². The highest BCUT2D eigenvalue weighted by Crippen LogP contribution is 2.19. The van der Waals surface area contributed by atoms with Crippen molar-refractivity contribution in [1.82, 2.24) is 5.32 Å². The van der Waals surface area contributed by atoms with Gasteiger partial charge in [-0.2, -0.15) is 0 Å². The Bertz CT molecular complexity index is 429. The van der Waals surface area contributed by atoms with Gasteiger partial charge in [0.1, 0.15) is 0 Å². The van der Waals surface area contributed by atoms with E-state index in [0.717, 1.165) is 5.56 Å². The first-order valence-corrected chi connectivity index (χ1v) is 6.33. The molecule has 5 nitrogen and oxygen atoms in total. The molecule has 5 heteroatoms. The fourth-order valence-electron chi connectivity index (χ4n) is 1.76. The van der Waals surface area contributed by atoms with E-state index in [2.05, 4.69) is 5.32 Å². The third kappa shape index (κ3) is 5.90. The number of carboxylic acid groups (broad SMARTS) is 1. The number of benzene rings is 1. The van der Waals surface area contributed by atoms with Crippen molar-refractivity contribution in [2.45, 2.75) is 32.1 Å². The van der Waals surface area contributed by atoms with Gasteiger partial charge in [-0.1, -0.05) is 19.1 Å². The first-order chi connectivity index (χ1) is 8.99. The number of aliphatic carboxylic acids is 1. The molecular formula is C14H20N2O3. The van der Waals surface area contributed by atoms with Crippen LogP contribution in [0.3, 0.4) is 0 Å². The van der Waals surface area contributed by atoms with Gasteiger partial charge in [0.2, 0.25) is 5.91 Å². The zero-order chi connectivity index (χ0) is 14.3. The molecule has 104 valence electrons. The van der Waals surface area contributed by atoms with Crippen LogP contribution in [0.5, 0.6) is 0 Å². The molecular weight excluding hydrogens is 244 g/mol. The predicted molar refractivity (Wildman–Crippen MR) is 73.8 cm³/mol. The molecule has 0 aliphatic heterocycles. The molecule has 1 amide bonds. The van der Waals surface area contributed by atoms with Gasteiger partial charge in [0.15, 0.2) is 0 Å². The quantitative estimate of drug-likeness (QED) is 0.516. The molecule has 1 aromatic rings. The van der Waals surface area contributed by atoms with E-state index in [9.17, 15) is 9.59 Å². The SMILES string of the molecule is CC(CC(=O)NCCCC(=O)O)c1ccc(N)cc1. The summed E-state index contributed by atoms with van der Waals surface area (Å²) in [4.78, 5) is 22.0. The van der Waals surface area contributed by atoms with Crippen LogP contribution in [-0.4, -0.2) is 23.5 Å². The van der Waals surface area contributed by atoms with Crippen LogP contribution in [0.25, 0.3) is 0 Å². The number of nitrogens with two attached hydrogens (primary N) is 1. The van der Waals surface area contributed by atoms with E-state index in [1.807, 2.05) is 31.2 Å². The summed E-state index contributed by atoms with van der Waals surface area (Å²) in [5, 5.41) is 11.2. The predicted octanol–water partition coefficient (Wildman–Crippen LogP) is 1.74. The van der Waals surface area contributed by atoms with Crippen molar-refractivity contribution in [3.05, 3.63) is 29.8 Å². The molecule has 1 aromatic carbocycles. The summed E-state index contributed by atoms with van der Waals surface area (Å²) in [5.41, 5.74) is 7.37. The number of rotatable bonds is 7. The van der Waals surface area contributed by atoms with E-state index in [1.54, 1.807) is 0 Å². The number of carbonyl (C=O) groups is 2. The minimum atomic E-state index is -0.843. The standard InChI is InChI=1S/C14H20N2O3/c1-10(11-4-6-12(15)7-5-11)9-13(17)16-8-2-3-14(18)19/h4-7,10H,2-3,8-9,15H2,1H3,(H,16,17)(H,18,19). The van der Waals surface area contributed by atoms with Crippen molar-refractivity contribution >= 4 is 17.6 Å². The average molecular weight is 264 g/mol. The minimum Gasteiger partial charge on any atom is -0.481 e. The first kappa shape index (κ1) is 15.0. The lowest BCUT2D eigenvalue weighted by atomic mass is 9.97. The maximum absolute atomic E-state index is 11.7. The Balaban J connectivity index is 2.31. The Labute approximate surface area is 112 Å². The molecule has 0 heterocycles. The van der Waals surface area contributed by atoms with E-state index in [4.69, 9.17) is 10.8 Å². The second-order valence-corrected chi connectivity index (χ2v) is 4.62. The lowest BCUT2D eigenvalue weighted by Gasteiger charge is -2.12. The topological polar surface area (TPSA) is 92.4 Å². The molecule has 0 spiro atoms. The lowest BCUT2D eigenvalue weighted by Crippen LogP contribution is -2.26. The second kappa shape index (κ2) is 7.41. The summed E-state index contributed by atoms with van der Waals surface area (Å²) >= 11 is 0. The molecule has 0 fully saturated rings. The lowest BCUT2D eigenvalue weighted by molar-refractivity contribution is -0.137. The number of amides is 1. The molecule has 0 radical (unpaired) electrons. The van der Waals surface area contributed by atoms with Crippen LogP contribution in [0.15, 0.2) is 24.3 Å². The molecule has 0 saturated carbocycles. The van der Waals surface area contributed by atoms with Crippen LogP contribution in [0.4, 0.5) is 5.69 Å². The van der Waals surface area contributed by atoms with Gasteiger partial charge in [0.05, 0.1) is 0 Å². The number of nitrogen functional groups attached to an aromatic ring is 1. The van der Waals surface area contributed by atoms with Gasteiger partial charge in [-0.3, -0.25) is 9.59 Å². The molecule has 0 aliphatic carbocycles. The Hall–Kier alpha value is -2.04. The zero-order valence-corrected chi connectivity index (χ0v) is 11.1. The van der Waals surface area contributed by atoms with Crippen molar-refractivity contribution in [1.29, 1.82) is 0 Å². The largest absolute Gasteiger partial charge is 0.481 e. The third-order valence-corrected chi connectivity index (χ3v) is 2.89. The smallest absolute Gasteiger partial charge is 0.303 e. The fraction of sp³-hybridized carbons (Fsp3) is 0.429. The van der Waals surface area contributed by atoms with E-state index in [0.29, 0.717) is 25.1 Å². The maximum atomic E-state index is 11.7. The van der Waals surface area contributed by atoms with Crippen molar-refractivity contribution in [3.63, 3.8) is 0 Å². The Morgan fingerprint density at radius 3 is 2.53 bits per heavy atom. The molecule has 0 saturated heterocycles. The van der Waals surface area contributed by atoms with Gasteiger partial charge in [0, 0.05) is 25.1 Å². The van der Waals surface area contributed by atoms with Crippen molar-refractivity contribution in [2.75, 3.05) is 12.3 Å². The normalized spacial score (nSPS) is 11.8. The molecule has 4 N–H and O–H groups in total. The van der Waals surface area contributed by atoms with Crippen LogP contribution in [0.1, 0.15) is 37.7 Å². The molecule has 0 bridgehead atoms. The Kier molecular flexibility index (Phi) is 5.85. The number of carbonyl (C=O) groups excluding carboxylic acids is 1. The number of hydrogen-bond acceptors (Lipinski definition) is 3. The maximum Gasteiger partial charge on any atom is 0.303 e. The highest BCUT2D eigenvalue weighted by Gasteiger charge is 2.10. The van der Waals surface area contributed by atoms with Gasteiger partial charge < -0.3 is 16.2 Å². The van der Waals surface area contributed by atoms with Gasteiger partial charge in [-0.15, -0.1) is 0 Å². The van der Waals surface area contributed by atoms with Crippen LogP contribution in [0, 0.1) is 0 Å². The number of anilines is 1. The summed E-state index contributed by atoms with van der Waals surface area (Å²) in [6.07, 6.45) is 0.919. The fourth-order valence-corrected chi connectivity index (χ4v) is 1.76. The van der Waals surface area contributed by atoms with Crippen molar-refractivity contribution in [3.8, 4) is 0 Å². The Morgan fingerprint density at radius 2 is 1.95 bits per heavy atom. The third-order valence-electron chi connectivity index (χ3n) is 2.89. The molecule has 1 unspecified atom stereocenters. The van der Waals surface area contributed by atoms with E-state index >= 15 is 0 Å². The minimum absolute atomic E-state index is 0.0605. The Morgan fingerprint density at radius 1 is 1.32 bits per heavy atom. The van der Waals surface area contributed by atoms with E-state index in [1.165, 1.54) is 0 Å². The average Bonchev–Trinajstić information content (AvgIpc) is 2.35. The molecule has 19 heavy (non-hydrogen) atoms. The summed E-state index contributed by atoms with van der Waals surface area (Å²) in [6.45, 7) is 2.38. The number of nitrogens with one attached hydrogen (secondary N) is 1. The van der Waals surface area contributed by atoms with Crippen LogP contribution in [-0.2, 0) is 9.59 Å². The number of carboxylic acids is 1. The molecule has 0 aliphatic rings. The summed E-state index contributed by atoms with van der Waals surface area (Å²) in [6, 6.07) is 7.46. The second-order valence-electron chi connectivity index (χ2n) is 4.62. The zero-order valence-electron chi connectivity index (χ0n) is 11.1. The van der Waals surface area contributed by atoms with Crippen LogP contribution in [0.2, 0.25) is 0 Å². The summed E-state index contributed by atoms with van der Waals surface area (Å²) in [7, 11) is 0. The first-order valence-electron chi connectivity index (χ1n) is 6.33. The van der Waals surface area contributed by atoms with Gasteiger partial charge in [0.25, 0.3) is 0 Å². The van der Waals surface area contributed by atoms with Crippen molar-refractivity contribution in [2.24, 2.45) is 0 Å². The molecule has 0 aromatic heterocycles. The van der Waals surface area contributed by atoms with Gasteiger partial charge >= 0.3 is 5.97 Å². The molecule has 1 atom stereocenters. The summed E-state index contributed by atoms with van der Waals surface area (Å²) < 4.78 is 0. The van der Waals surface area contributed by atoms with Gasteiger partial charge in [-0.25, -0.2) is 0 Å². The van der Waals surface area contributed by atoms with E-state index in [-0.39, 0.29) is 18.2 Å². The monoisotopic (exact) mass is 264 g/mol. The van der Waals surface area contributed by atoms with Crippen LogP contribution < -0.4 is 11.1 Å². The van der Waals surface area contributed by atoms with Crippen LogP contribution >= 0.6 is 0 Å².